The van der Waals surface area contributed by atoms with Crippen molar-refractivity contribution in [2.75, 3.05) is 25.3 Å². The third kappa shape index (κ3) is 4.95. The molecule has 1 aromatic heterocycles. The van der Waals surface area contributed by atoms with Crippen molar-refractivity contribution < 1.29 is 14.3 Å². The van der Waals surface area contributed by atoms with Gasteiger partial charge in [-0.1, -0.05) is 35.0 Å². The van der Waals surface area contributed by atoms with Gasteiger partial charge in [-0.25, -0.2) is 0 Å². The number of carbonyl (C=O) groups is 1. The number of anilines is 1. The standard InChI is InChI=1S/C19H18Cl2N4O3S/c1-25-18(13-6-4-11(20)8-14(13)21)23-24-19(25)29-10-17(26)22-15-7-5-12(27-2)9-16(15)28-3/h4-9H,10H2,1-3H3,(H,22,26). The summed E-state index contributed by atoms with van der Waals surface area (Å²) in [6.07, 6.45) is 0. The molecule has 2 aromatic carbocycles. The number of nitrogens with zero attached hydrogens (tertiary/aromatic N) is 3. The number of hydrogen-bond acceptors (Lipinski definition) is 6. The Kier molecular flexibility index (Phi) is 6.89. The molecular weight excluding hydrogens is 435 g/mol. The number of hydrogen-bond donors (Lipinski definition) is 1. The molecule has 0 atom stereocenters. The van der Waals surface area contributed by atoms with Crippen LogP contribution in [0.2, 0.25) is 10.0 Å². The van der Waals surface area contributed by atoms with Gasteiger partial charge in [0.05, 0.1) is 30.7 Å². The molecule has 10 heteroatoms. The van der Waals surface area contributed by atoms with Crippen molar-refractivity contribution in [3.63, 3.8) is 0 Å². The Hall–Kier alpha value is -2.42. The van der Waals surface area contributed by atoms with Gasteiger partial charge in [0.2, 0.25) is 5.91 Å². The maximum atomic E-state index is 12.4. The Bertz CT molecular complexity index is 1040. The zero-order valence-electron chi connectivity index (χ0n) is 15.9. The van der Waals surface area contributed by atoms with Crippen LogP contribution in [0.1, 0.15) is 0 Å². The lowest BCUT2D eigenvalue weighted by Gasteiger charge is -2.11. The lowest BCUT2D eigenvalue weighted by molar-refractivity contribution is -0.113. The number of thioether (sulfide) groups is 1. The Morgan fingerprint density at radius 3 is 2.62 bits per heavy atom. The fourth-order valence-electron chi connectivity index (χ4n) is 2.56. The average molecular weight is 453 g/mol. The van der Waals surface area contributed by atoms with Gasteiger partial charge in [0, 0.05) is 23.7 Å². The monoisotopic (exact) mass is 452 g/mol. The van der Waals surface area contributed by atoms with Crippen LogP contribution in [0.4, 0.5) is 5.69 Å². The maximum absolute atomic E-state index is 12.4. The molecular formula is C19H18Cl2N4O3S. The summed E-state index contributed by atoms with van der Waals surface area (Å²) in [6.45, 7) is 0. The number of rotatable bonds is 7. The third-order valence-electron chi connectivity index (χ3n) is 4.02. The van der Waals surface area contributed by atoms with Gasteiger partial charge >= 0.3 is 0 Å². The SMILES string of the molecule is COc1ccc(NC(=O)CSc2nnc(-c3ccc(Cl)cc3Cl)n2C)c(OC)c1. The van der Waals surface area contributed by atoms with E-state index in [9.17, 15) is 4.79 Å². The predicted molar refractivity (Wildman–Crippen MR) is 115 cm³/mol. The van der Waals surface area contributed by atoms with Gasteiger partial charge in [0.25, 0.3) is 0 Å². The lowest BCUT2D eigenvalue weighted by atomic mass is 10.2. The van der Waals surface area contributed by atoms with E-state index in [2.05, 4.69) is 15.5 Å². The fourth-order valence-corrected chi connectivity index (χ4v) is 3.77. The van der Waals surface area contributed by atoms with Crippen LogP contribution in [0.25, 0.3) is 11.4 Å². The van der Waals surface area contributed by atoms with Crippen molar-refractivity contribution in [1.29, 1.82) is 0 Å². The number of methoxy groups -OCH3 is 2. The number of ether oxygens (including phenoxy) is 2. The normalized spacial score (nSPS) is 10.7. The van der Waals surface area contributed by atoms with Gasteiger partial charge in [0.15, 0.2) is 11.0 Å². The topological polar surface area (TPSA) is 78.3 Å². The zero-order valence-corrected chi connectivity index (χ0v) is 18.2. The summed E-state index contributed by atoms with van der Waals surface area (Å²) in [7, 11) is 4.91. The Morgan fingerprint density at radius 2 is 1.93 bits per heavy atom. The van der Waals surface area contributed by atoms with Gasteiger partial charge < -0.3 is 19.4 Å². The van der Waals surface area contributed by atoms with Crippen molar-refractivity contribution in [2.45, 2.75) is 5.16 Å². The molecule has 0 bridgehead atoms. The number of aromatic nitrogens is 3. The molecule has 0 saturated carbocycles. The zero-order chi connectivity index (χ0) is 21.0. The summed E-state index contributed by atoms with van der Waals surface area (Å²) in [4.78, 5) is 12.4. The molecule has 0 aliphatic heterocycles. The van der Waals surface area contributed by atoms with Crippen LogP contribution < -0.4 is 14.8 Å². The molecule has 1 amide bonds. The summed E-state index contributed by atoms with van der Waals surface area (Å²) in [5.74, 6) is 1.69. The molecule has 0 unspecified atom stereocenters. The molecule has 0 saturated heterocycles. The van der Waals surface area contributed by atoms with Crippen LogP contribution in [0.15, 0.2) is 41.6 Å². The van der Waals surface area contributed by atoms with Gasteiger partial charge in [-0.15, -0.1) is 10.2 Å². The first-order valence-electron chi connectivity index (χ1n) is 8.42. The highest BCUT2D eigenvalue weighted by Crippen LogP contribution is 2.31. The van der Waals surface area contributed by atoms with E-state index < -0.39 is 0 Å². The summed E-state index contributed by atoms with van der Waals surface area (Å²) in [6, 6.07) is 10.3. The van der Waals surface area contributed by atoms with E-state index in [1.807, 2.05) is 7.05 Å². The smallest absolute Gasteiger partial charge is 0.234 e. The van der Waals surface area contributed by atoms with Gasteiger partial charge in [-0.3, -0.25) is 4.79 Å². The summed E-state index contributed by atoms with van der Waals surface area (Å²) >= 11 is 13.5. The minimum Gasteiger partial charge on any atom is -0.497 e. The molecule has 3 rings (SSSR count). The predicted octanol–water partition coefficient (Wildman–Crippen LogP) is 4.54. The van der Waals surface area contributed by atoms with Gasteiger partial charge in [-0.2, -0.15) is 0 Å². The molecule has 1 heterocycles. The highest BCUT2D eigenvalue weighted by molar-refractivity contribution is 7.99. The highest BCUT2D eigenvalue weighted by atomic mass is 35.5. The number of amides is 1. The van der Waals surface area contributed by atoms with E-state index in [1.165, 1.54) is 18.9 Å². The van der Waals surface area contributed by atoms with E-state index in [1.54, 1.807) is 48.1 Å². The molecule has 0 fully saturated rings. The van der Waals surface area contributed by atoms with Crippen LogP contribution in [0.3, 0.4) is 0 Å². The molecule has 0 radical (unpaired) electrons. The van der Waals surface area contributed by atoms with Crippen LogP contribution >= 0.6 is 35.0 Å². The second-order valence-electron chi connectivity index (χ2n) is 5.89. The number of halogens is 2. The second kappa shape index (κ2) is 9.39. The molecule has 3 aromatic rings. The molecule has 0 aliphatic rings. The third-order valence-corrected chi connectivity index (χ3v) is 5.59. The highest BCUT2D eigenvalue weighted by Gasteiger charge is 2.16. The van der Waals surface area contributed by atoms with E-state index in [0.29, 0.717) is 43.8 Å². The second-order valence-corrected chi connectivity index (χ2v) is 7.68. The summed E-state index contributed by atoms with van der Waals surface area (Å²) in [5.41, 5.74) is 1.27. The first-order valence-corrected chi connectivity index (χ1v) is 10.2. The van der Waals surface area contributed by atoms with Crippen LogP contribution in [-0.4, -0.2) is 40.6 Å². The quantitative estimate of drug-likeness (QED) is 0.530. The van der Waals surface area contributed by atoms with Gasteiger partial charge in [0.1, 0.15) is 11.5 Å². The van der Waals surface area contributed by atoms with Crippen LogP contribution in [-0.2, 0) is 11.8 Å². The van der Waals surface area contributed by atoms with Crippen molar-refractivity contribution in [3.05, 3.63) is 46.4 Å². The first-order chi connectivity index (χ1) is 13.9. The molecule has 152 valence electrons. The van der Waals surface area contributed by atoms with Crippen molar-refractivity contribution in [1.82, 2.24) is 14.8 Å². The minimum absolute atomic E-state index is 0.148. The van der Waals surface area contributed by atoms with E-state index in [-0.39, 0.29) is 11.7 Å². The Morgan fingerprint density at radius 1 is 1.14 bits per heavy atom. The Labute approximate surface area is 182 Å². The van der Waals surface area contributed by atoms with E-state index in [0.717, 1.165) is 0 Å². The van der Waals surface area contributed by atoms with E-state index >= 15 is 0 Å². The molecule has 0 spiro atoms. The number of benzene rings is 2. The average Bonchev–Trinajstić information content (AvgIpc) is 3.07. The number of nitrogens with one attached hydrogen (secondary N) is 1. The van der Waals surface area contributed by atoms with Crippen LogP contribution in [0, 0.1) is 0 Å². The largest absolute Gasteiger partial charge is 0.497 e. The van der Waals surface area contributed by atoms with Crippen molar-refractivity contribution >= 4 is 46.6 Å². The van der Waals surface area contributed by atoms with Gasteiger partial charge in [-0.05, 0) is 30.3 Å². The number of carbonyl (C=O) groups excluding carboxylic acids is 1. The summed E-state index contributed by atoms with van der Waals surface area (Å²) in [5, 5.41) is 12.8. The fraction of sp³-hybridized carbons (Fsp3) is 0.211. The molecule has 29 heavy (non-hydrogen) atoms. The molecule has 7 nitrogen and oxygen atoms in total. The first kappa shape index (κ1) is 21.3. The van der Waals surface area contributed by atoms with E-state index in [4.69, 9.17) is 32.7 Å². The maximum Gasteiger partial charge on any atom is 0.234 e. The summed E-state index contributed by atoms with van der Waals surface area (Å²) < 4.78 is 12.2. The lowest BCUT2D eigenvalue weighted by Crippen LogP contribution is -2.15. The van der Waals surface area contributed by atoms with Crippen molar-refractivity contribution in [3.8, 4) is 22.9 Å². The Balaban J connectivity index is 1.68. The molecule has 1 N–H and O–H groups in total. The minimum atomic E-state index is -0.201. The molecule has 0 aliphatic carbocycles. The van der Waals surface area contributed by atoms with Crippen LogP contribution in [0.5, 0.6) is 11.5 Å². The van der Waals surface area contributed by atoms with Crippen molar-refractivity contribution in [2.24, 2.45) is 7.05 Å².